The van der Waals surface area contributed by atoms with Crippen molar-refractivity contribution in [3.8, 4) is 0 Å². The van der Waals surface area contributed by atoms with Crippen molar-refractivity contribution in [1.29, 1.82) is 0 Å². The highest BCUT2D eigenvalue weighted by molar-refractivity contribution is 5.77. The Morgan fingerprint density at radius 2 is 0.750 bits per heavy atom. The summed E-state index contributed by atoms with van der Waals surface area (Å²) in [6.07, 6.45) is 61.0. The minimum atomic E-state index is -0.787. The van der Waals surface area contributed by atoms with Crippen molar-refractivity contribution in [3.05, 3.63) is 24.3 Å². The summed E-state index contributed by atoms with van der Waals surface area (Å²) in [6.45, 7) is 6.50. The first-order chi connectivity index (χ1) is 31.5. The second-order valence-electron chi connectivity index (χ2n) is 19.7. The molecule has 378 valence electrons. The molecular formula is C58H111NO5. The molecule has 0 radical (unpaired) electrons. The van der Waals surface area contributed by atoms with Gasteiger partial charge in [-0.1, -0.05) is 244 Å². The molecule has 0 aliphatic heterocycles. The van der Waals surface area contributed by atoms with Gasteiger partial charge in [-0.3, -0.25) is 9.59 Å². The first-order valence-electron chi connectivity index (χ1n) is 28.6. The van der Waals surface area contributed by atoms with Crippen LogP contribution in [0, 0.1) is 0 Å². The second kappa shape index (κ2) is 52.3. The lowest BCUT2D eigenvalue weighted by Crippen LogP contribution is -2.46. The molecule has 0 aliphatic rings. The van der Waals surface area contributed by atoms with Crippen molar-refractivity contribution < 1.29 is 24.5 Å². The summed E-state index contributed by atoms with van der Waals surface area (Å²) < 4.78 is 5.96. The fourth-order valence-electron chi connectivity index (χ4n) is 8.89. The fourth-order valence-corrected chi connectivity index (χ4v) is 8.89. The molecule has 0 aliphatic carbocycles. The van der Waals surface area contributed by atoms with Crippen LogP contribution in [0.5, 0.6) is 0 Å². The lowest BCUT2D eigenvalue weighted by atomic mass is 10.0. The minimum absolute atomic E-state index is 0.0758. The molecule has 1 amide bonds. The zero-order valence-corrected chi connectivity index (χ0v) is 43.2. The van der Waals surface area contributed by atoms with Crippen molar-refractivity contribution in [2.75, 3.05) is 6.61 Å². The Balaban J connectivity index is 4.56. The van der Waals surface area contributed by atoms with Crippen LogP contribution in [-0.4, -0.2) is 46.9 Å². The first kappa shape index (κ1) is 62.3. The minimum Gasteiger partial charge on any atom is -0.462 e. The number of carbonyl (C=O) groups excluding carboxylic acids is 2. The maximum atomic E-state index is 13.2. The quantitative estimate of drug-likeness (QED) is 0.0321. The standard InChI is InChI=1S/C58H111NO5/c1-4-7-10-13-16-19-22-25-27-29-30-32-34-37-40-43-46-49-54(64-58(63)51-48-45-42-39-36-33-31-28-26-23-20-17-14-11-8-5-2)52-57(62)59-55(53-60)56(61)50-47-44-41-38-35-24-21-18-15-12-9-6-3/h25,27-28,31,54-56,60-61H,4-24,26,29-30,32-53H2,1-3H3,(H,59,62)/b27-25+,31-28+. The van der Waals surface area contributed by atoms with Crippen LogP contribution in [0.3, 0.4) is 0 Å². The average molecular weight is 903 g/mol. The third kappa shape index (κ3) is 46.9. The Morgan fingerprint density at radius 3 is 1.11 bits per heavy atom. The molecule has 0 saturated heterocycles. The van der Waals surface area contributed by atoms with Crippen LogP contribution in [0.15, 0.2) is 24.3 Å². The summed E-state index contributed by atoms with van der Waals surface area (Å²) >= 11 is 0. The predicted molar refractivity (Wildman–Crippen MR) is 278 cm³/mol. The molecule has 0 saturated carbocycles. The van der Waals surface area contributed by atoms with Gasteiger partial charge in [-0.2, -0.15) is 0 Å². The van der Waals surface area contributed by atoms with Crippen molar-refractivity contribution >= 4 is 11.9 Å². The molecule has 0 aromatic rings. The van der Waals surface area contributed by atoms with Gasteiger partial charge in [0.2, 0.25) is 5.91 Å². The van der Waals surface area contributed by atoms with Gasteiger partial charge in [0, 0.05) is 6.42 Å². The number of carbonyl (C=O) groups is 2. The summed E-state index contributed by atoms with van der Waals surface area (Å²) in [6, 6.07) is -0.701. The largest absolute Gasteiger partial charge is 0.462 e. The summed E-state index contributed by atoms with van der Waals surface area (Å²) in [5.41, 5.74) is 0. The van der Waals surface area contributed by atoms with E-state index in [4.69, 9.17) is 4.74 Å². The van der Waals surface area contributed by atoms with Crippen LogP contribution in [0.2, 0.25) is 0 Å². The van der Waals surface area contributed by atoms with Gasteiger partial charge in [0.25, 0.3) is 0 Å². The van der Waals surface area contributed by atoms with Gasteiger partial charge >= 0.3 is 5.97 Å². The highest BCUT2D eigenvalue weighted by Crippen LogP contribution is 2.18. The Hall–Kier alpha value is -1.66. The van der Waals surface area contributed by atoms with Crippen molar-refractivity contribution in [2.45, 2.75) is 328 Å². The molecule has 0 fully saturated rings. The zero-order chi connectivity index (χ0) is 46.7. The normalized spacial score (nSPS) is 13.3. The van der Waals surface area contributed by atoms with E-state index in [0.29, 0.717) is 19.3 Å². The molecule has 0 spiro atoms. The third-order valence-electron chi connectivity index (χ3n) is 13.3. The number of aliphatic hydroxyl groups is 2. The second-order valence-corrected chi connectivity index (χ2v) is 19.7. The van der Waals surface area contributed by atoms with Gasteiger partial charge in [-0.15, -0.1) is 0 Å². The van der Waals surface area contributed by atoms with Gasteiger partial charge in [0.1, 0.15) is 6.10 Å². The Labute approximate surface area is 399 Å². The van der Waals surface area contributed by atoms with Crippen LogP contribution >= 0.6 is 0 Å². The first-order valence-corrected chi connectivity index (χ1v) is 28.6. The van der Waals surface area contributed by atoms with Crippen molar-refractivity contribution in [1.82, 2.24) is 5.32 Å². The lowest BCUT2D eigenvalue weighted by Gasteiger charge is -2.24. The molecule has 6 nitrogen and oxygen atoms in total. The number of allylic oxidation sites excluding steroid dienone is 4. The number of nitrogens with one attached hydrogen (secondary N) is 1. The van der Waals surface area contributed by atoms with Crippen molar-refractivity contribution in [2.24, 2.45) is 0 Å². The Bertz CT molecular complexity index is 1010. The average Bonchev–Trinajstić information content (AvgIpc) is 3.29. The molecule has 0 heterocycles. The van der Waals surface area contributed by atoms with E-state index >= 15 is 0 Å². The molecule has 3 atom stereocenters. The summed E-state index contributed by atoms with van der Waals surface area (Å²) in [5, 5.41) is 23.8. The number of rotatable bonds is 52. The molecule has 64 heavy (non-hydrogen) atoms. The monoisotopic (exact) mass is 902 g/mol. The van der Waals surface area contributed by atoms with Crippen LogP contribution in [0.1, 0.15) is 310 Å². The number of esters is 1. The van der Waals surface area contributed by atoms with Gasteiger partial charge < -0.3 is 20.3 Å². The maximum absolute atomic E-state index is 13.2. The molecule has 0 aromatic carbocycles. The Morgan fingerprint density at radius 1 is 0.438 bits per heavy atom. The van der Waals surface area contributed by atoms with Crippen LogP contribution in [0.4, 0.5) is 0 Å². The van der Waals surface area contributed by atoms with Gasteiger partial charge in [0.05, 0.1) is 25.2 Å². The molecule has 0 aromatic heterocycles. The number of aliphatic hydroxyl groups excluding tert-OH is 2. The van der Waals surface area contributed by atoms with E-state index in [1.165, 1.54) is 205 Å². The highest BCUT2D eigenvalue weighted by Gasteiger charge is 2.24. The Kier molecular flexibility index (Phi) is 51.0. The number of hydrogen-bond acceptors (Lipinski definition) is 5. The van der Waals surface area contributed by atoms with Gasteiger partial charge in [-0.25, -0.2) is 0 Å². The number of ether oxygens (including phenoxy) is 1. The molecular weight excluding hydrogens is 791 g/mol. The van der Waals surface area contributed by atoms with E-state index in [9.17, 15) is 19.8 Å². The van der Waals surface area contributed by atoms with Crippen LogP contribution in [0.25, 0.3) is 0 Å². The topological polar surface area (TPSA) is 95.9 Å². The molecule has 6 heteroatoms. The number of hydrogen-bond donors (Lipinski definition) is 3. The smallest absolute Gasteiger partial charge is 0.306 e. The molecule has 3 N–H and O–H groups in total. The summed E-state index contributed by atoms with van der Waals surface area (Å²) in [7, 11) is 0. The van der Waals surface area contributed by atoms with Gasteiger partial charge in [0.15, 0.2) is 0 Å². The molecule has 3 unspecified atom stereocenters. The zero-order valence-electron chi connectivity index (χ0n) is 43.2. The maximum Gasteiger partial charge on any atom is 0.306 e. The van der Waals surface area contributed by atoms with E-state index in [2.05, 4.69) is 50.4 Å². The van der Waals surface area contributed by atoms with Crippen LogP contribution in [-0.2, 0) is 14.3 Å². The third-order valence-corrected chi connectivity index (χ3v) is 13.3. The lowest BCUT2D eigenvalue weighted by molar-refractivity contribution is -0.151. The van der Waals surface area contributed by atoms with E-state index in [-0.39, 0.29) is 24.9 Å². The van der Waals surface area contributed by atoms with E-state index in [1.807, 2.05) is 0 Å². The summed E-state index contributed by atoms with van der Waals surface area (Å²) in [4.78, 5) is 26.2. The molecule has 0 bridgehead atoms. The predicted octanol–water partition coefficient (Wildman–Crippen LogP) is 17.5. The van der Waals surface area contributed by atoms with Crippen LogP contribution < -0.4 is 5.32 Å². The highest BCUT2D eigenvalue weighted by atomic mass is 16.5. The van der Waals surface area contributed by atoms with E-state index in [1.54, 1.807) is 0 Å². The van der Waals surface area contributed by atoms with E-state index < -0.39 is 18.2 Å². The molecule has 0 rings (SSSR count). The fraction of sp³-hybridized carbons (Fsp3) is 0.897. The summed E-state index contributed by atoms with van der Waals surface area (Å²) in [5.74, 6) is -0.471. The number of amides is 1. The van der Waals surface area contributed by atoms with E-state index in [0.717, 1.165) is 57.8 Å². The SMILES string of the molecule is CCCCCCCC/C=C/CCCCCCCCCC(CC(=O)NC(CO)C(O)CCCCCCCCCCCCCC)OC(=O)CCCCCCC/C=C/CCCCCCCCC. The number of unbranched alkanes of at least 4 members (excludes halogenated alkanes) is 36. The van der Waals surface area contributed by atoms with Gasteiger partial charge in [-0.05, 0) is 77.0 Å². The van der Waals surface area contributed by atoms with Crippen molar-refractivity contribution in [3.63, 3.8) is 0 Å².